The van der Waals surface area contributed by atoms with Crippen LogP contribution in [0.4, 0.5) is 0 Å². The van der Waals surface area contributed by atoms with Gasteiger partial charge >= 0.3 is 0 Å². The number of pyridine rings is 1. The maximum Gasteiger partial charge on any atom is 0.138 e. The van der Waals surface area contributed by atoms with Crippen molar-refractivity contribution >= 4 is 21.8 Å². The molecule has 292 valence electrons. The monoisotopic (exact) mass is 798 g/mol. The summed E-state index contributed by atoms with van der Waals surface area (Å²) in [6, 6.07) is 85.7. The van der Waals surface area contributed by atoms with Crippen molar-refractivity contribution in [2.75, 3.05) is 0 Å². The molecule has 0 fully saturated rings. The number of fused-ring (bicyclic) bond motifs is 20. The molecular weight excluding hydrogens is 761 g/mol. The summed E-state index contributed by atoms with van der Waals surface area (Å²) in [6.45, 7) is 0. The second-order valence-electron chi connectivity index (χ2n) is 17.3. The van der Waals surface area contributed by atoms with Crippen LogP contribution in [-0.4, -0.2) is 9.55 Å². The minimum atomic E-state index is -0.569. The molecule has 0 saturated heterocycles. The number of hydrogen-bond acceptors (Lipinski definition) is 1. The van der Waals surface area contributed by atoms with E-state index in [0.717, 1.165) is 39.2 Å². The van der Waals surface area contributed by atoms with Crippen LogP contribution in [-0.2, 0) is 10.8 Å². The summed E-state index contributed by atoms with van der Waals surface area (Å²) >= 11 is 0. The fourth-order valence-corrected chi connectivity index (χ4v) is 12.2. The summed E-state index contributed by atoms with van der Waals surface area (Å²) < 4.78 is 2.40. The van der Waals surface area contributed by atoms with Gasteiger partial charge in [-0.05, 0) is 102 Å². The predicted molar refractivity (Wildman–Crippen MR) is 258 cm³/mol. The molecule has 0 unspecified atom stereocenters. The Morgan fingerprint density at radius 1 is 0.317 bits per heavy atom. The highest BCUT2D eigenvalue weighted by atomic mass is 15.1. The number of aromatic nitrogens is 2. The van der Waals surface area contributed by atoms with Crippen molar-refractivity contribution in [1.82, 2.24) is 9.55 Å². The number of nitrogens with zero attached hydrogens (tertiary/aromatic N) is 2. The van der Waals surface area contributed by atoms with Gasteiger partial charge in [0, 0.05) is 16.3 Å². The van der Waals surface area contributed by atoms with Crippen LogP contribution < -0.4 is 0 Å². The third kappa shape index (κ3) is 4.35. The molecule has 11 aromatic rings. The maximum atomic E-state index is 5.49. The van der Waals surface area contributed by atoms with Crippen LogP contribution in [0, 0.1) is 0 Å². The van der Waals surface area contributed by atoms with Crippen molar-refractivity contribution < 1.29 is 0 Å². The Bertz CT molecular complexity index is 3530. The van der Waals surface area contributed by atoms with Gasteiger partial charge in [-0.3, -0.25) is 4.57 Å². The SMILES string of the molecule is c1ccc(-c2cc(-c3ccccc3)nc(-n3c4ccccc4c4c5c(ccc43)C3(c4ccccc4-5)c4ccccc4C4(c5ccccc5-c5ccccc54)c4ccccc43)c2)cc1. The van der Waals surface area contributed by atoms with Crippen molar-refractivity contribution in [3.8, 4) is 50.5 Å². The minimum absolute atomic E-state index is 0.477. The van der Waals surface area contributed by atoms with Gasteiger partial charge in [0.05, 0.1) is 27.6 Å². The lowest BCUT2D eigenvalue weighted by Crippen LogP contribution is -2.43. The fraction of sp³-hybridized carbons (Fsp3) is 0.0328. The summed E-state index contributed by atoms with van der Waals surface area (Å²) in [4.78, 5) is 5.49. The van der Waals surface area contributed by atoms with Crippen molar-refractivity contribution in [2.45, 2.75) is 10.8 Å². The molecule has 2 spiro atoms. The number of benzene rings is 9. The van der Waals surface area contributed by atoms with Crippen LogP contribution >= 0.6 is 0 Å². The number of hydrogen-bond donors (Lipinski definition) is 0. The van der Waals surface area contributed by atoms with Gasteiger partial charge in [-0.2, -0.15) is 0 Å². The Morgan fingerprint density at radius 3 is 1.38 bits per heavy atom. The van der Waals surface area contributed by atoms with Gasteiger partial charge in [0.1, 0.15) is 5.82 Å². The van der Waals surface area contributed by atoms with Crippen LogP contribution in [0.3, 0.4) is 0 Å². The Hall–Kier alpha value is -8.07. The van der Waals surface area contributed by atoms with E-state index >= 15 is 0 Å². The van der Waals surface area contributed by atoms with Crippen molar-refractivity contribution in [3.05, 3.63) is 275 Å². The largest absolute Gasteiger partial charge is 0.294 e. The van der Waals surface area contributed by atoms with Gasteiger partial charge in [0.2, 0.25) is 0 Å². The van der Waals surface area contributed by atoms with Crippen molar-refractivity contribution in [3.63, 3.8) is 0 Å². The number of para-hydroxylation sites is 1. The molecular formula is C61H38N2. The first-order valence-electron chi connectivity index (χ1n) is 22.0. The first-order valence-corrected chi connectivity index (χ1v) is 22.0. The van der Waals surface area contributed by atoms with Crippen LogP contribution in [0.2, 0.25) is 0 Å². The quantitative estimate of drug-likeness (QED) is 0.174. The average molecular weight is 799 g/mol. The van der Waals surface area contributed by atoms with E-state index in [4.69, 9.17) is 4.98 Å². The zero-order valence-electron chi connectivity index (χ0n) is 34.3. The second kappa shape index (κ2) is 12.7. The molecule has 0 radical (unpaired) electrons. The normalized spacial score (nSPS) is 14.3. The van der Waals surface area contributed by atoms with Crippen molar-refractivity contribution in [1.29, 1.82) is 0 Å². The first-order chi connectivity index (χ1) is 31.3. The van der Waals surface area contributed by atoms with Gasteiger partial charge < -0.3 is 0 Å². The minimum Gasteiger partial charge on any atom is -0.294 e. The molecule has 2 aromatic heterocycles. The standard InChI is InChI=1S/C61H38N2/c1-3-19-39(20-4-1)41-37-54(40-21-5-2-6-22-40)62-57(38-41)63-55-34-18-10-26-45(55)59-56(63)36-35-53-58(59)44-25-9-13-29-48(44)61(53)51-32-16-14-30-49(51)60(50-31-15-17-33-52(50)61)46-27-11-7-23-42(46)43-24-8-12-28-47(43)60/h1-38H. The molecule has 0 N–H and O–H groups in total. The third-order valence-electron chi connectivity index (χ3n) is 14.5. The van der Waals surface area contributed by atoms with Gasteiger partial charge in [-0.25, -0.2) is 4.98 Å². The molecule has 2 heterocycles. The molecule has 0 bridgehead atoms. The van der Waals surface area contributed by atoms with E-state index in [2.05, 4.69) is 235 Å². The third-order valence-corrected chi connectivity index (χ3v) is 14.5. The molecule has 14 rings (SSSR count). The van der Waals surface area contributed by atoms with Gasteiger partial charge in [0.25, 0.3) is 0 Å². The molecule has 9 aromatic carbocycles. The smallest absolute Gasteiger partial charge is 0.138 e. The predicted octanol–water partition coefficient (Wildman–Crippen LogP) is 14.6. The van der Waals surface area contributed by atoms with Crippen LogP contribution in [0.15, 0.2) is 231 Å². The average Bonchev–Trinajstić information content (AvgIpc) is 3.97. The van der Waals surface area contributed by atoms with Gasteiger partial charge in [-0.1, -0.05) is 206 Å². The molecule has 2 nitrogen and oxygen atoms in total. The summed E-state index contributed by atoms with van der Waals surface area (Å²) in [5.41, 5.74) is 21.5. The lowest BCUT2D eigenvalue weighted by molar-refractivity contribution is 0.633. The van der Waals surface area contributed by atoms with E-state index < -0.39 is 10.8 Å². The summed E-state index contributed by atoms with van der Waals surface area (Å²) in [7, 11) is 0. The summed E-state index contributed by atoms with van der Waals surface area (Å²) in [5.74, 6) is 0.899. The fourth-order valence-electron chi connectivity index (χ4n) is 12.2. The summed E-state index contributed by atoms with van der Waals surface area (Å²) in [6.07, 6.45) is 0. The lowest BCUT2D eigenvalue weighted by atomic mass is 9.52. The van der Waals surface area contributed by atoms with E-state index in [1.54, 1.807) is 0 Å². The molecule has 63 heavy (non-hydrogen) atoms. The topological polar surface area (TPSA) is 17.8 Å². The van der Waals surface area contributed by atoms with Gasteiger partial charge in [0.15, 0.2) is 0 Å². The Labute approximate surface area is 366 Å². The molecule has 3 aliphatic carbocycles. The maximum absolute atomic E-state index is 5.49. The Balaban J connectivity index is 1.10. The molecule has 2 heteroatoms. The first kappa shape index (κ1) is 34.6. The van der Waals surface area contributed by atoms with E-state index in [1.807, 2.05) is 0 Å². The molecule has 0 amide bonds. The Kier molecular flexibility index (Phi) is 7.00. The van der Waals surface area contributed by atoms with Crippen molar-refractivity contribution in [2.24, 2.45) is 0 Å². The van der Waals surface area contributed by atoms with Gasteiger partial charge in [-0.15, -0.1) is 0 Å². The van der Waals surface area contributed by atoms with Crippen LogP contribution in [0.25, 0.3) is 72.3 Å². The second-order valence-corrected chi connectivity index (χ2v) is 17.3. The zero-order chi connectivity index (χ0) is 41.3. The Morgan fingerprint density at radius 2 is 0.778 bits per heavy atom. The lowest BCUT2D eigenvalue weighted by Gasteiger charge is -2.48. The highest BCUT2D eigenvalue weighted by Crippen LogP contribution is 2.68. The highest BCUT2D eigenvalue weighted by Gasteiger charge is 2.59. The van der Waals surface area contributed by atoms with Crippen LogP contribution in [0.1, 0.15) is 44.5 Å². The molecule has 0 aliphatic heterocycles. The molecule has 0 saturated carbocycles. The zero-order valence-corrected chi connectivity index (χ0v) is 34.3. The summed E-state index contributed by atoms with van der Waals surface area (Å²) in [5, 5.41) is 2.48. The van der Waals surface area contributed by atoms with E-state index in [-0.39, 0.29) is 0 Å². The molecule has 3 aliphatic rings. The number of rotatable bonds is 3. The van der Waals surface area contributed by atoms with Crippen LogP contribution in [0.5, 0.6) is 0 Å². The highest BCUT2D eigenvalue weighted by molar-refractivity contribution is 6.18. The van der Waals surface area contributed by atoms with E-state index in [9.17, 15) is 0 Å². The molecule has 0 atom stereocenters. The van der Waals surface area contributed by atoms with E-state index in [1.165, 1.54) is 77.5 Å². The van der Waals surface area contributed by atoms with E-state index in [0.29, 0.717) is 0 Å².